The van der Waals surface area contributed by atoms with Crippen LogP contribution in [0.5, 0.6) is 0 Å². The molecular weight excluding hydrogens is 240 g/mol. The maximum Gasteiger partial charge on any atom is 0.261 e. The number of benzene rings is 1. The predicted molar refractivity (Wildman–Crippen MR) is 75.1 cm³/mol. The van der Waals surface area contributed by atoms with E-state index in [1.807, 2.05) is 48.1 Å². The molecule has 0 unspecified atom stereocenters. The third-order valence-electron chi connectivity index (χ3n) is 3.04. The first kappa shape index (κ1) is 11.5. The third kappa shape index (κ3) is 2.22. The van der Waals surface area contributed by atoms with Gasteiger partial charge in [-0.15, -0.1) is 0 Å². The average molecular weight is 254 g/mol. The molecular formula is C14H14N4O. The lowest BCUT2D eigenvalue weighted by molar-refractivity contribution is 0.937. The Bertz CT molecular complexity index is 758. The van der Waals surface area contributed by atoms with Gasteiger partial charge in [0.05, 0.1) is 5.39 Å². The van der Waals surface area contributed by atoms with Crippen molar-refractivity contribution in [3.8, 4) is 0 Å². The van der Waals surface area contributed by atoms with Crippen molar-refractivity contribution in [1.29, 1.82) is 0 Å². The van der Waals surface area contributed by atoms with Crippen LogP contribution >= 0.6 is 0 Å². The summed E-state index contributed by atoms with van der Waals surface area (Å²) in [6.07, 6.45) is 1.83. The highest BCUT2D eigenvalue weighted by Gasteiger charge is 2.06. The highest BCUT2D eigenvalue weighted by molar-refractivity contribution is 5.75. The van der Waals surface area contributed by atoms with E-state index in [0.29, 0.717) is 23.5 Å². The molecule has 0 aliphatic heterocycles. The molecule has 5 nitrogen and oxygen atoms in total. The summed E-state index contributed by atoms with van der Waals surface area (Å²) in [5.74, 6) is 0.489. The number of H-pyrrole nitrogens is 1. The van der Waals surface area contributed by atoms with Crippen LogP contribution in [0.4, 0.5) is 5.95 Å². The van der Waals surface area contributed by atoms with Crippen molar-refractivity contribution < 1.29 is 0 Å². The molecule has 0 radical (unpaired) electrons. The number of anilines is 1. The number of aromatic nitrogens is 3. The fourth-order valence-electron chi connectivity index (χ4n) is 2.01. The van der Waals surface area contributed by atoms with Crippen LogP contribution in [0, 0.1) is 0 Å². The first-order chi connectivity index (χ1) is 9.24. The average Bonchev–Trinajstić information content (AvgIpc) is 2.80. The number of aromatic amines is 1. The van der Waals surface area contributed by atoms with E-state index in [0.717, 1.165) is 5.56 Å². The molecule has 0 aliphatic carbocycles. The second-order valence-electron chi connectivity index (χ2n) is 4.42. The maximum absolute atomic E-state index is 11.9. The van der Waals surface area contributed by atoms with Crippen LogP contribution in [0.3, 0.4) is 0 Å². The summed E-state index contributed by atoms with van der Waals surface area (Å²) in [6.45, 7) is 0.625. The van der Waals surface area contributed by atoms with E-state index >= 15 is 0 Å². The minimum Gasteiger partial charge on any atom is -0.352 e. The van der Waals surface area contributed by atoms with Crippen LogP contribution in [-0.4, -0.2) is 14.5 Å². The SMILES string of the molecule is Cn1ccc2c(=O)[nH]c(NCc3ccccc3)nc21. The van der Waals surface area contributed by atoms with E-state index in [-0.39, 0.29) is 5.56 Å². The molecule has 0 saturated carbocycles. The summed E-state index contributed by atoms with van der Waals surface area (Å²) in [4.78, 5) is 19.0. The van der Waals surface area contributed by atoms with Gasteiger partial charge in [-0.2, -0.15) is 4.98 Å². The molecule has 2 aromatic heterocycles. The smallest absolute Gasteiger partial charge is 0.261 e. The van der Waals surface area contributed by atoms with Crippen LogP contribution < -0.4 is 10.9 Å². The van der Waals surface area contributed by atoms with Gasteiger partial charge in [0.25, 0.3) is 5.56 Å². The van der Waals surface area contributed by atoms with Crippen molar-refractivity contribution in [2.75, 3.05) is 5.32 Å². The van der Waals surface area contributed by atoms with Crippen LogP contribution in [0.25, 0.3) is 11.0 Å². The van der Waals surface area contributed by atoms with Gasteiger partial charge >= 0.3 is 0 Å². The second-order valence-corrected chi connectivity index (χ2v) is 4.42. The Morgan fingerprint density at radius 3 is 2.84 bits per heavy atom. The van der Waals surface area contributed by atoms with Gasteiger partial charge in [0.1, 0.15) is 5.65 Å². The van der Waals surface area contributed by atoms with Crippen molar-refractivity contribution >= 4 is 17.0 Å². The summed E-state index contributed by atoms with van der Waals surface area (Å²) in [6, 6.07) is 11.7. The Kier molecular flexibility index (Phi) is 2.79. The zero-order chi connectivity index (χ0) is 13.2. The van der Waals surface area contributed by atoms with E-state index in [9.17, 15) is 4.79 Å². The highest BCUT2D eigenvalue weighted by Crippen LogP contribution is 2.09. The maximum atomic E-state index is 11.9. The van der Waals surface area contributed by atoms with Crippen LogP contribution in [0.15, 0.2) is 47.4 Å². The number of hydrogen-bond donors (Lipinski definition) is 2. The van der Waals surface area contributed by atoms with Gasteiger partial charge in [0.15, 0.2) is 0 Å². The quantitative estimate of drug-likeness (QED) is 0.750. The number of rotatable bonds is 3. The molecule has 19 heavy (non-hydrogen) atoms. The summed E-state index contributed by atoms with van der Waals surface area (Å²) in [5, 5.41) is 3.74. The first-order valence-electron chi connectivity index (χ1n) is 6.07. The molecule has 1 aromatic carbocycles. The molecule has 0 spiro atoms. The van der Waals surface area contributed by atoms with Gasteiger partial charge in [-0.25, -0.2) is 0 Å². The van der Waals surface area contributed by atoms with Crippen molar-refractivity contribution in [2.45, 2.75) is 6.54 Å². The minimum absolute atomic E-state index is 0.124. The van der Waals surface area contributed by atoms with Gasteiger partial charge in [-0.3, -0.25) is 9.78 Å². The molecule has 0 amide bonds. The van der Waals surface area contributed by atoms with E-state index < -0.39 is 0 Å². The third-order valence-corrected chi connectivity index (χ3v) is 3.04. The highest BCUT2D eigenvalue weighted by atomic mass is 16.1. The van der Waals surface area contributed by atoms with Crippen LogP contribution in [0.2, 0.25) is 0 Å². The monoisotopic (exact) mass is 254 g/mol. The van der Waals surface area contributed by atoms with Gasteiger partial charge < -0.3 is 9.88 Å². The summed E-state index contributed by atoms with van der Waals surface area (Å²) in [5.41, 5.74) is 1.69. The first-order valence-corrected chi connectivity index (χ1v) is 6.07. The molecule has 0 saturated heterocycles. The normalized spacial score (nSPS) is 10.8. The largest absolute Gasteiger partial charge is 0.352 e. The fraction of sp³-hybridized carbons (Fsp3) is 0.143. The molecule has 0 aliphatic rings. The van der Waals surface area contributed by atoms with Crippen molar-refractivity contribution in [1.82, 2.24) is 14.5 Å². The van der Waals surface area contributed by atoms with Gasteiger partial charge in [0, 0.05) is 19.8 Å². The molecule has 3 aromatic rings. The Morgan fingerprint density at radius 1 is 1.26 bits per heavy atom. The Labute approximate surface area is 109 Å². The molecule has 3 rings (SSSR count). The number of nitrogens with one attached hydrogen (secondary N) is 2. The van der Waals surface area contributed by atoms with Crippen LogP contribution in [-0.2, 0) is 13.6 Å². The lowest BCUT2D eigenvalue weighted by Crippen LogP contribution is -2.13. The zero-order valence-electron chi connectivity index (χ0n) is 10.6. The lowest BCUT2D eigenvalue weighted by atomic mass is 10.2. The van der Waals surface area contributed by atoms with E-state index in [1.165, 1.54) is 0 Å². The molecule has 2 heterocycles. The Balaban J connectivity index is 1.89. The second kappa shape index (κ2) is 4.61. The number of hydrogen-bond acceptors (Lipinski definition) is 3. The van der Waals surface area contributed by atoms with E-state index in [1.54, 1.807) is 6.07 Å². The summed E-state index contributed by atoms with van der Waals surface area (Å²) in [7, 11) is 1.87. The number of nitrogens with zero attached hydrogens (tertiary/aromatic N) is 2. The minimum atomic E-state index is -0.124. The van der Waals surface area contributed by atoms with E-state index in [2.05, 4.69) is 15.3 Å². The molecule has 0 bridgehead atoms. The Morgan fingerprint density at radius 2 is 2.05 bits per heavy atom. The number of fused-ring (bicyclic) bond motifs is 1. The van der Waals surface area contributed by atoms with Gasteiger partial charge in [0.2, 0.25) is 5.95 Å². The summed E-state index contributed by atoms with van der Waals surface area (Å²) < 4.78 is 1.83. The topological polar surface area (TPSA) is 62.7 Å². The lowest BCUT2D eigenvalue weighted by Gasteiger charge is -2.06. The number of aryl methyl sites for hydroxylation is 1. The standard InChI is InChI=1S/C14H14N4O/c1-18-8-7-11-12(18)16-14(17-13(11)19)15-9-10-5-3-2-4-6-10/h2-8H,9H2,1H3,(H2,15,16,17,19). The molecule has 2 N–H and O–H groups in total. The van der Waals surface area contributed by atoms with Gasteiger partial charge in [-0.05, 0) is 11.6 Å². The van der Waals surface area contributed by atoms with Gasteiger partial charge in [-0.1, -0.05) is 30.3 Å². The molecule has 96 valence electrons. The molecule has 0 atom stereocenters. The predicted octanol–water partition coefficient (Wildman–Crippen LogP) is 1.87. The van der Waals surface area contributed by atoms with E-state index in [4.69, 9.17) is 0 Å². The zero-order valence-corrected chi connectivity index (χ0v) is 10.6. The van der Waals surface area contributed by atoms with Crippen molar-refractivity contribution in [2.24, 2.45) is 7.05 Å². The summed E-state index contributed by atoms with van der Waals surface area (Å²) >= 11 is 0. The van der Waals surface area contributed by atoms with Crippen molar-refractivity contribution in [3.05, 3.63) is 58.5 Å². The van der Waals surface area contributed by atoms with Crippen LogP contribution in [0.1, 0.15) is 5.56 Å². The van der Waals surface area contributed by atoms with Crippen molar-refractivity contribution in [3.63, 3.8) is 0 Å². The molecule has 0 fully saturated rings. The Hall–Kier alpha value is -2.56. The molecule has 5 heteroatoms. The fourth-order valence-corrected chi connectivity index (χ4v) is 2.01.